The molecule has 172 valence electrons. The van der Waals surface area contributed by atoms with Crippen LogP contribution in [0.25, 0.3) is 22.0 Å². The van der Waals surface area contributed by atoms with Gasteiger partial charge in [0.2, 0.25) is 0 Å². The molecule has 1 N–H and O–H groups in total. The maximum atomic E-state index is 13.6. The maximum absolute atomic E-state index is 13.6. The number of aryl methyl sites for hydroxylation is 1. The van der Waals surface area contributed by atoms with Crippen molar-refractivity contribution in [3.05, 3.63) is 76.1 Å². The van der Waals surface area contributed by atoms with Crippen LogP contribution in [0.5, 0.6) is 5.75 Å². The summed E-state index contributed by atoms with van der Waals surface area (Å²) in [5.74, 6) is 0.311. The van der Waals surface area contributed by atoms with Gasteiger partial charge in [0.1, 0.15) is 17.2 Å². The molecule has 4 rings (SSSR count). The number of alkyl halides is 3. The summed E-state index contributed by atoms with van der Waals surface area (Å²) in [6, 6.07) is 17.5. The first kappa shape index (κ1) is 22.9. The van der Waals surface area contributed by atoms with Crippen LogP contribution < -0.4 is 4.74 Å². The summed E-state index contributed by atoms with van der Waals surface area (Å²) in [4.78, 5) is 14.7. The van der Waals surface area contributed by atoms with E-state index in [0.717, 1.165) is 16.6 Å². The number of carbonyl (C=O) groups excluding carboxylic acids is 1. The number of fused-ring (bicyclic) bond motifs is 1. The molecular formula is C25H22F3NO3S. The molecule has 0 radical (unpaired) electrons. The van der Waals surface area contributed by atoms with E-state index in [9.17, 15) is 18.0 Å². The summed E-state index contributed by atoms with van der Waals surface area (Å²) in [6.45, 7) is 2.16. The lowest BCUT2D eigenvalue weighted by Gasteiger charge is -2.07. The lowest BCUT2D eigenvalue weighted by atomic mass is 10.1. The van der Waals surface area contributed by atoms with Crippen molar-refractivity contribution >= 4 is 28.2 Å². The van der Waals surface area contributed by atoms with Gasteiger partial charge in [0.15, 0.2) is 0 Å². The fourth-order valence-corrected chi connectivity index (χ4v) is 4.53. The highest BCUT2D eigenvalue weighted by Gasteiger charge is 2.36. The molecule has 0 aliphatic rings. The number of benzene rings is 2. The third-order valence-electron chi connectivity index (χ3n) is 5.06. The number of nitrogens with one attached hydrogen (secondary N) is 1. The average molecular weight is 474 g/mol. The number of carbonyl (C=O) groups is 1. The second kappa shape index (κ2) is 9.70. The van der Waals surface area contributed by atoms with E-state index < -0.39 is 11.1 Å². The van der Waals surface area contributed by atoms with Gasteiger partial charge < -0.3 is 14.5 Å². The molecule has 33 heavy (non-hydrogen) atoms. The summed E-state index contributed by atoms with van der Waals surface area (Å²) < 4.78 is 51.5. The lowest BCUT2D eigenvalue weighted by molar-refractivity contribution is -0.143. The zero-order valence-corrected chi connectivity index (χ0v) is 18.7. The first-order valence-corrected chi connectivity index (χ1v) is 11.3. The maximum Gasteiger partial charge on any atom is 0.426 e. The van der Waals surface area contributed by atoms with E-state index in [4.69, 9.17) is 9.47 Å². The normalized spacial score (nSPS) is 11.6. The van der Waals surface area contributed by atoms with Crippen LogP contribution in [0.4, 0.5) is 13.2 Å². The van der Waals surface area contributed by atoms with Gasteiger partial charge in [-0.25, -0.2) is 0 Å². The smallest absolute Gasteiger partial charge is 0.426 e. The Morgan fingerprint density at radius 1 is 1.06 bits per heavy atom. The van der Waals surface area contributed by atoms with Gasteiger partial charge in [-0.05, 0) is 49.2 Å². The van der Waals surface area contributed by atoms with Gasteiger partial charge in [-0.15, -0.1) is 11.3 Å². The van der Waals surface area contributed by atoms with Crippen molar-refractivity contribution in [3.8, 4) is 16.9 Å². The lowest BCUT2D eigenvalue weighted by Crippen LogP contribution is -2.05. The van der Waals surface area contributed by atoms with E-state index in [1.807, 2.05) is 18.2 Å². The Hall–Kier alpha value is -3.26. The molecule has 2 aromatic carbocycles. The second-order valence-electron chi connectivity index (χ2n) is 7.46. The Balaban J connectivity index is 1.48. The second-order valence-corrected chi connectivity index (χ2v) is 8.59. The number of aromatic nitrogens is 1. The van der Waals surface area contributed by atoms with Crippen LogP contribution in [-0.2, 0) is 28.7 Å². The highest BCUT2D eigenvalue weighted by molar-refractivity contribution is 7.12. The third kappa shape index (κ3) is 5.57. The zero-order valence-electron chi connectivity index (χ0n) is 17.9. The van der Waals surface area contributed by atoms with Crippen molar-refractivity contribution in [3.63, 3.8) is 0 Å². The van der Waals surface area contributed by atoms with Crippen molar-refractivity contribution in [1.29, 1.82) is 0 Å². The summed E-state index contributed by atoms with van der Waals surface area (Å²) >= 11 is 0.702. The quantitative estimate of drug-likeness (QED) is 0.281. The van der Waals surface area contributed by atoms with Crippen LogP contribution in [0, 0.1) is 0 Å². The first-order valence-electron chi connectivity index (χ1n) is 10.5. The van der Waals surface area contributed by atoms with Gasteiger partial charge in [-0.2, -0.15) is 13.2 Å². The number of hydrogen-bond donors (Lipinski definition) is 1. The fraction of sp³-hybridized carbons (Fsp3) is 0.240. The van der Waals surface area contributed by atoms with Crippen molar-refractivity contribution < 1.29 is 27.4 Å². The number of hydrogen-bond acceptors (Lipinski definition) is 4. The predicted octanol–water partition coefficient (Wildman–Crippen LogP) is 6.99. The molecule has 4 nitrogen and oxygen atoms in total. The molecule has 2 aromatic heterocycles. The first-order chi connectivity index (χ1) is 15.8. The van der Waals surface area contributed by atoms with Crippen molar-refractivity contribution in [2.75, 3.05) is 6.61 Å². The largest absolute Gasteiger partial charge is 0.488 e. The fourth-order valence-electron chi connectivity index (χ4n) is 3.58. The van der Waals surface area contributed by atoms with Crippen molar-refractivity contribution in [2.45, 2.75) is 32.5 Å². The Morgan fingerprint density at radius 3 is 2.58 bits per heavy atom. The van der Waals surface area contributed by atoms with Crippen molar-refractivity contribution in [2.24, 2.45) is 0 Å². The monoisotopic (exact) mass is 473 g/mol. The minimum Gasteiger partial charge on any atom is -0.488 e. The third-order valence-corrected chi connectivity index (χ3v) is 6.21. The number of H-pyrrole nitrogens is 1. The highest BCUT2D eigenvalue weighted by atomic mass is 32.1. The zero-order chi connectivity index (χ0) is 23.4. The Bertz CT molecular complexity index is 1250. The van der Waals surface area contributed by atoms with E-state index in [2.05, 4.69) is 4.98 Å². The summed E-state index contributed by atoms with van der Waals surface area (Å²) in [7, 11) is 0. The molecule has 0 saturated carbocycles. The minimum atomic E-state index is -4.43. The molecule has 0 saturated heterocycles. The highest BCUT2D eigenvalue weighted by Crippen LogP contribution is 2.43. The van der Waals surface area contributed by atoms with Crippen LogP contribution in [0.2, 0.25) is 0 Å². The van der Waals surface area contributed by atoms with Gasteiger partial charge >= 0.3 is 12.1 Å². The molecule has 0 bridgehead atoms. The van der Waals surface area contributed by atoms with Gasteiger partial charge in [0.05, 0.1) is 13.0 Å². The summed E-state index contributed by atoms with van der Waals surface area (Å²) in [5.41, 5.74) is 2.48. The molecule has 8 heteroatoms. The van der Waals surface area contributed by atoms with E-state index in [-0.39, 0.29) is 24.6 Å². The van der Waals surface area contributed by atoms with Crippen LogP contribution in [0.15, 0.2) is 60.7 Å². The summed E-state index contributed by atoms with van der Waals surface area (Å²) in [5, 5.41) is 0.901. The molecule has 0 aliphatic carbocycles. The van der Waals surface area contributed by atoms with E-state index in [1.54, 1.807) is 49.4 Å². The Morgan fingerprint density at radius 2 is 1.85 bits per heavy atom. The van der Waals surface area contributed by atoms with Crippen LogP contribution >= 0.6 is 11.3 Å². The van der Waals surface area contributed by atoms with Crippen LogP contribution in [-0.4, -0.2) is 17.6 Å². The van der Waals surface area contributed by atoms with Crippen LogP contribution in [0.3, 0.4) is 0 Å². The number of thiophene rings is 1. The molecule has 4 aromatic rings. The molecule has 0 amide bonds. The van der Waals surface area contributed by atoms with Crippen LogP contribution in [0.1, 0.15) is 28.8 Å². The Kier molecular flexibility index (Phi) is 6.74. The molecule has 2 heterocycles. The van der Waals surface area contributed by atoms with E-state index in [0.29, 0.717) is 40.6 Å². The summed E-state index contributed by atoms with van der Waals surface area (Å²) in [6.07, 6.45) is -3.62. The van der Waals surface area contributed by atoms with Gasteiger partial charge in [-0.1, -0.05) is 30.3 Å². The average Bonchev–Trinajstić information content (AvgIpc) is 3.41. The molecule has 0 atom stereocenters. The Labute approximate surface area is 193 Å². The van der Waals surface area contributed by atoms with E-state index >= 15 is 0 Å². The predicted molar refractivity (Wildman–Crippen MR) is 122 cm³/mol. The van der Waals surface area contributed by atoms with E-state index in [1.165, 1.54) is 0 Å². The molecular weight excluding hydrogens is 451 g/mol. The minimum absolute atomic E-state index is 0.0340. The molecule has 0 fully saturated rings. The number of rotatable bonds is 8. The number of halogens is 3. The topological polar surface area (TPSA) is 51.3 Å². The molecule has 0 unspecified atom stereocenters. The molecule has 0 spiro atoms. The SMILES string of the molecule is CCOC(=O)CCc1cc2cc(OCc3cc(-c4ccccc4)c(C(F)(F)F)s3)ccc2[nH]1. The van der Waals surface area contributed by atoms with Gasteiger partial charge in [0, 0.05) is 27.0 Å². The number of ether oxygens (including phenoxy) is 2. The van der Waals surface area contributed by atoms with Crippen molar-refractivity contribution in [1.82, 2.24) is 4.98 Å². The van der Waals surface area contributed by atoms with Gasteiger partial charge in [0.25, 0.3) is 0 Å². The number of esters is 1. The number of aromatic amines is 1. The molecule has 0 aliphatic heterocycles. The van der Waals surface area contributed by atoms with Gasteiger partial charge in [-0.3, -0.25) is 4.79 Å². The standard InChI is InChI=1S/C25H22F3NO3S/c1-2-31-23(30)11-8-18-12-17-13-19(9-10-22(17)29-18)32-15-20-14-21(16-6-4-3-5-7-16)24(33-20)25(26,27)28/h3-7,9-10,12-14,29H,2,8,11,15H2,1H3.